The molecule has 0 amide bonds. The fraction of sp³-hybridized carbons (Fsp3) is 0.500. The van der Waals surface area contributed by atoms with Crippen LogP contribution in [0.25, 0.3) is 0 Å². The Kier molecular flexibility index (Phi) is 6.97. The lowest BCUT2D eigenvalue weighted by Crippen LogP contribution is -2.47. The highest BCUT2D eigenvalue weighted by Crippen LogP contribution is 2.21. The van der Waals surface area contributed by atoms with E-state index < -0.39 is 0 Å². The van der Waals surface area contributed by atoms with Gasteiger partial charge < -0.3 is 25.3 Å². The van der Waals surface area contributed by atoms with E-state index in [4.69, 9.17) is 0 Å². The molecule has 0 aliphatic carbocycles. The molecule has 0 aromatic heterocycles. The van der Waals surface area contributed by atoms with Crippen LogP contribution in [0.15, 0.2) is 48.5 Å². The molecule has 2 saturated heterocycles. The molecule has 0 radical (unpaired) electrons. The second-order valence-corrected chi connectivity index (χ2v) is 8.21. The SMILES string of the molecule is CCN1CCN(c2ccc(NCN3CCN(c4ccc(NC)cc4)CC3)cc2)CC1. The van der Waals surface area contributed by atoms with Crippen molar-refractivity contribution in [3.8, 4) is 0 Å². The molecule has 2 N–H and O–H groups in total. The van der Waals surface area contributed by atoms with Crippen LogP contribution in [0.3, 0.4) is 0 Å². The van der Waals surface area contributed by atoms with Crippen molar-refractivity contribution < 1.29 is 0 Å². The third kappa shape index (κ3) is 5.18. The fourth-order valence-electron chi connectivity index (χ4n) is 4.32. The number of piperazine rings is 2. The molecule has 2 heterocycles. The maximum atomic E-state index is 3.60. The molecule has 2 aromatic carbocycles. The van der Waals surface area contributed by atoms with Gasteiger partial charge in [-0.05, 0) is 55.1 Å². The van der Waals surface area contributed by atoms with Crippen molar-refractivity contribution in [2.24, 2.45) is 0 Å². The Morgan fingerprint density at radius 3 is 1.57 bits per heavy atom. The lowest BCUT2D eigenvalue weighted by molar-refractivity contribution is 0.271. The van der Waals surface area contributed by atoms with E-state index in [1.165, 1.54) is 30.2 Å². The monoisotopic (exact) mass is 408 g/mol. The van der Waals surface area contributed by atoms with Gasteiger partial charge in [-0.2, -0.15) is 0 Å². The minimum Gasteiger partial charge on any atom is -0.388 e. The Bertz CT molecular complexity index is 759. The van der Waals surface area contributed by atoms with Gasteiger partial charge in [0, 0.05) is 82.2 Å². The normalized spacial score (nSPS) is 18.5. The van der Waals surface area contributed by atoms with Gasteiger partial charge in [-0.15, -0.1) is 0 Å². The van der Waals surface area contributed by atoms with Crippen LogP contribution in [-0.4, -0.2) is 82.4 Å². The predicted octanol–water partition coefficient (Wildman–Crippen LogP) is 3.06. The number of rotatable bonds is 7. The van der Waals surface area contributed by atoms with Gasteiger partial charge in [-0.3, -0.25) is 4.90 Å². The van der Waals surface area contributed by atoms with Crippen LogP contribution in [0.2, 0.25) is 0 Å². The van der Waals surface area contributed by atoms with Crippen LogP contribution in [0, 0.1) is 0 Å². The average molecular weight is 409 g/mol. The molecule has 0 spiro atoms. The molecule has 2 aromatic rings. The van der Waals surface area contributed by atoms with Crippen LogP contribution in [-0.2, 0) is 0 Å². The van der Waals surface area contributed by atoms with Gasteiger partial charge in [0.2, 0.25) is 0 Å². The summed E-state index contributed by atoms with van der Waals surface area (Å²) in [5.74, 6) is 0. The van der Waals surface area contributed by atoms with Crippen LogP contribution in [0.1, 0.15) is 6.92 Å². The molecule has 6 nitrogen and oxygen atoms in total. The minimum absolute atomic E-state index is 0.904. The standard InChI is InChI=1S/C24H36N6/c1-3-27-12-16-29(17-13-27)24-10-6-22(7-11-24)26-20-28-14-18-30(19-15-28)23-8-4-21(25-2)5-9-23/h4-11,25-26H,3,12-20H2,1-2H3. The maximum Gasteiger partial charge on any atom is 0.0679 e. The van der Waals surface area contributed by atoms with Gasteiger partial charge in [0.25, 0.3) is 0 Å². The highest BCUT2D eigenvalue weighted by Gasteiger charge is 2.18. The Labute approximate surface area is 181 Å². The van der Waals surface area contributed by atoms with E-state index >= 15 is 0 Å². The number of hydrogen-bond donors (Lipinski definition) is 2. The van der Waals surface area contributed by atoms with E-state index in [2.05, 4.69) is 85.7 Å². The quantitative estimate of drug-likeness (QED) is 0.733. The molecule has 6 heteroatoms. The molecule has 4 rings (SSSR count). The summed E-state index contributed by atoms with van der Waals surface area (Å²) in [6.07, 6.45) is 0. The van der Waals surface area contributed by atoms with Gasteiger partial charge in [0.1, 0.15) is 0 Å². The number of benzene rings is 2. The Morgan fingerprint density at radius 2 is 1.10 bits per heavy atom. The number of hydrogen-bond acceptors (Lipinski definition) is 6. The Morgan fingerprint density at radius 1 is 0.633 bits per heavy atom. The highest BCUT2D eigenvalue weighted by molar-refractivity contribution is 5.56. The van der Waals surface area contributed by atoms with E-state index in [1.807, 2.05) is 7.05 Å². The Balaban J connectivity index is 1.21. The van der Waals surface area contributed by atoms with Gasteiger partial charge in [-0.25, -0.2) is 0 Å². The summed E-state index contributed by atoms with van der Waals surface area (Å²) in [6, 6.07) is 17.7. The summed E-state index contributed by atoms with van der Waals surface area (Å²) in [7, 11) is 1.96. The molecule has 0 unspecified atom stereocenters. The summed E-state index contributed by atoms with van der Waals surface area (Å²) < 4.78 is 0. The number of nitrogens with one attached hydrogen (secondary N) is 2. The van der Waals surface area contributed by atoms with E-state index in [-0.39, 0.29) is 0 Å². The zero-order valence-corrected chi connectivity index (χ0v) is 18.5. The molecule has 30 heavy (non-hydrogen) atoms. The average Bonchev–Trinajstić information content (AvgIpc) is 2.83. The summed E-state index contributed by atoms with van der Waals surface area (Å²) in [4.78, 5) is 9.99. The number of anilines is 4. The molecular weight excluding hydrogens is 372 g/mol. The summed E-state index contributed by atoms with van der Waals surface area (Å²) in [6.45, 7) is 13.2. The van der Waals surface area contributed by atoms with Crippen molar-refractivity contribution in [3.63, 3.8) is 0 Å². The van der Waals surface area contributed by atoms with Crippen LogP contribution >= 0.6 is 0 Å². The largest absolute Gasteiger partial charge is 0.388 e. The van der Waals surface area contributed by atoms with Crippen molar-refractivity contribution in [1.82, 2.24) is 9.80 Å². The molecule has 2 aliphatic heterocycles. The van der Waals surface area contributed by atoms with Crippen molar-refractivity contribution in [2.75, 3.05) is 93.1 Å². The zero-order chi connectivity index (χ0) is 20.8. The molecule has 0 atom stereocenters. The predicted molar refractivity (Wildman–Crippen MR) is 129 cm³/mol. The first kappa shape index (κ1) is 20.8. The van der Waals surface area contributed by atoms with Gasteiger partial charge in [0.15, 0.2) is 0 Å². The van der Waals surface area contributed by atoms with E-state index in [0.29, 0.717) is 0 Å². The van der Waals surface area contributed by atoms with Crippen molar-refractivity contribution in [3.05, 3.63) is 48.5 Å². The third-order valence-electron chi connectivity index (χ3n) is 6.45. The lowest BCUT2D eigenvalue weighted by Gasteiger charge is -2.36. The van der Waals surface area contributed by atoms with Crippen molar-refractivity contribution >= 4 is 22.7 Å². The molecule has 2 fully saturated rings. The molecule has 0 saturated carbocycles. The fourth-order valence-corrected chi connectivity index (χ4v) is 4.32. The maximum absolute atomic E-state index is 3.60. The molecular formula is C24H36N6. The van der Waals surface area contributed by atoms with Gasteiger partial charge in [0.05, 0.1) is 6.67 Å². The topological polar surface area (TPSA) is 37.0 Å². The molecule has 2 aliphatic rings. The molecule has 0 bridgehead atoms. The third-order valence-corrected chi connectivity index (χ3v) is 6.45. The first-order valence-electron chi connectivity index (χ1n) is 11.3. The smallest absolute Gasteiger partial charge is 0.0679 e. The Hall–Kier alpha value is -2.44. The van der Waals surface area contributed by atoms with E-state index in [9.17, 15) is 0 Å². The van der Waals surface area contributed by atoms with E-state index in [0.717, 1.165) is 58.2 Å². The zero-order valence-electron chi connectivity index (χ0n) is 18.5. The van der Waals surface area contributed by atoms with Gasteiger partial charge in [-0.1, -0.05) is 6.92 Å². The van der Waals surface area contributed by atoms with Crippen LogP contribution in [0.4, 0.5) is 22.7 Å². The number of nitrogens with zero attached hydrogens (tertiary/aromatic N) is 4. The summed E-state index contributed by atoms with van der Waals surface area (Å²) in [5, 5.41) is 6.79. The first-order valence-corrected chi connectivity index (χ1v) is 11.3. The minimum atomic E-state index is 0.904. The summed E-state index contributed by atoms with van der Waals surface area (Å²) in [5.41, 5.74) is 5.03. The van der Waals surface area contributed by atoms with E-state index in [1.54, 1.807) is 0 Å². The van der Waals surface area contributed by atoms with Crippen molar-refractivity contribution in [1.29, 1.82) is 0 Å². The molecule has 162 valence electrons. The first-order chi connectivity index (χ1) is 14.7. The lowest BCUT2D eigenvalue weighted by atomic mass is 10.2. The van der Waals surface area contributed by atoms with Crippen molar-refractivity contribution in [2.45, 2.75) is 6.92 Å². The second-order valence-electron chi connectivity index (χ2n) is 8.21. The summed E-state index contributed by atoms with van der Waals surface area (Å²) >= 11 is 0. The second kappa shape index (κ2) is 10.0. The highest BCUT2D eigenvalue weighted by atomic mass is 15.3. The van der Waals surface area contributed by atoms with Gasteiger partial charge >= 0.3 is 0 Å². The number of likely N-dealkylation sites (N-methyl/N-ethyl adjacent to an activating group) is 1. The van der Waals surface area contributed by atoms with Crippen LogP contribution in [0.5, 0.6) is 0 Å². The van der Waals surface area contributed by atoms with Crippen LogP contribution < -0.4 is 20.4 Å².